The number of hydrogen-bond donors (Lipinski definition) is 2. The van der Waals surface area contributed by atoms with Crippen LogP contribution in [0.15, 0.2) is 30.3 Å². The molecule has 0 aliphatic heterocycles. The van der Waals surface area contributed by atoms with Crippen LogP contribution < -0.4 is 10.6 Å². The van der Waals surface area contributed by atoms with Crippen molar-refractivity contribution in [3.8, 4) is 0 Å². The third-order valence-electron chi connectivity index (χ3n) is 3.65. The van der Waals surface area contributed by atoms with Crippen LogP contribution in [-0.2, 0) is 35.1 Å². The van der Waals surface area contributed by atoms with E-state index >= 15 is 0 Å². The number of ether oxygens (including phenoxy) is 4. The highest BCUT2D eigenvalue weighted by molar-refractivity contribution is 5.81. The van der Waals surface area contributed by atoms with E-state index in [1.54, 1.807) is 20.8 Å². The Morgan fingerprint density at radius 3 is 2.06 bits per heavy atom. The van der Waals surface area contributed by atoms with Crippen LogP contribution in [0.2, 0.25) is 0 Å². The van der Waals surface area contributed by atoms with Crippen molar-refractivity contribution in [2.75, 3.05) is 39.5 Å². The molecule has 174 valence electrons. The molecule has 0 aliphatic carbocycles. The number of carbonyl (C=O) groups excluding carboxylic acids is 3. The van der Waals surface area contributed by atoms with Crippen LogP contribution in [0.4, 0.5) is 4.79 Å². The van der Waals surface area contributed by atoms with Gasteiger partial charge in [0.25, 0.3) is 0 Å². The zero-order valence-corrected chi connectivity index (χ0v) is 18.6. The molecule has 9 nitrogen and oxygen atoms in total. The first-order valence-corrected chi connectivity index (χ1v) is 10.3. The van der Waals surface area contributed by atoms with Crippen LogP contribution in [0.5, 0.6) is 0 Å². The number of hydrogen-bond acceptors (Lipinski definition) is 7. The van der Waals surface area contributed by atoms with Gasteiger partial charge in [0, 0.05) is 19.5 Å². The predicted octanol–water partition coefficient (Wildman–Crippen LogP) is 2.18. The Morgan fingerprint density at radius 2 is 1.45 bits per heavy atom. The van der Waals surface area contributed by atoms with Gasteiger partial charge < -0.3 is 29.6 Å². The van der Waals surface area contributed by atoms with Gasteiger partial charge in [-0.25, -0.2) is 4.79 Å². The van der Waals surface area contributed by atoms with E-state index in [0.717, 1.165) is 5.56 Å². The molecule has 0 bridgehead atoms. The summed E-state index contributed by atoms with van der Waals surface area (Å²) < 4.78 is 20.9. The smallest absolute Gasteiger partial charge is 0.407 e. The normalized spacial score (nSPS) is 10.9. The average Bonchev–Trinajstić information content (AvgIpc) is 2.71. The fourth-order valence-electron chi connectivity index (χ4n) is 2.28. The third kappa shape index (κ3) is 15.8. The molecule has 0 atom stereocenters. The summed E-state index contributed by atoms with van der Waals surface area (Å²) >= 11 is 0. The van der Waals surface area contributed by atoms with Crippen LogP contribution in [0.1, 0.15) is 39.2 Å². The molecule has 0 radical (unpaired) electrons. The van der Waals surface area contributed by atoms with Crippen molar-refractivity contribution in [3.05, 3.63) is 35.9 Å². The van der Waals surface area contributed by atoms with E-state index in [-0.39, 0.29) is 25.4 Å². The van der Waals surface area contributed by atoms with Crippen LogP contribution >= 0.6 is 0 Å². The van der Waals surface area contributed by atoms with Crippen LogP contribution in [-0.4, -0.2) is 63.1 Å². The summed E-state index contributed by atoms with van der Waals surface area (Å²) in [7, 11) is 0. The van der Waals surface area contributed by atoms with E-state index in [2.05, 4.69) is 10.6 Å². The molecule has 1 aromatic carbocycles. The Kier molecular flexibility index (Phi) is 12.9. The fourth-order valence-corrected chi connectivity index (χ4v) is 2.28. The maximum absolute atomic E-state index is 11.7. The molecule has 0 aromatic heterocycles. The number of carbonyl (C=O) groups is 3. The predicted molar refractivity (Wildman–Crippen MR) is 114 cm³/mol. The largest absolute Gasteiger partial charge is 0.460 e. The van der Waals surface area contributed by atoms with Gasteiger partial charge in [-0.1, -0.05) is 30.3 Å². The molecule has 31 heavy (non-hydrogen) atoms. The maximum Gasteiger partial charge on any atom is 0.407 e. The van der Waals surface area contributed by atoms with Gasteiger partial charge in [-0.3, -0.25) is 9.59 Å². The molecule has 0 aliphatic rings. The molecule has 1 aromatic rings. The van der Waals surface area contributed by atoms with E-state index in [0.29, 0.717) is 39.5 Å². The second-order valence-corrected chi connectivity index (χ2v) is 7.65. The van der Waals surface area contributed by atoms with Crippen molar-refractivity contribution in [1.82, 2.24) is 10.6 Å². The molecule has 0 saturated carbocycles. The minimum atomic E-state index is -0.550. The van der Waals surface area contributed by atoms with Gasteiger partial charge in [0.05, 0.1) is 32.8 Å². The quantitative estimate of drug-likeness (QED) is 0.338. The SMILES string of the molecule is CC(C)(C)OC(=O)CCC(=O)NCCOCCOCCNC(=O)OCc1ccccc1. The Hall–Kier alpha value is -2.65. The molecule has 0 unspecified atom stereocenters. The van der Waals surface area contributed by atoms with E-state index in [1.165, 1.54) is 0 Å². The fraction of sp³-hybridized carbons (Fsp3) is 0.591. The summed E-state index contributed by atoms with van der Waals surface area (Å²) in [5.41, 5.74) is 0.371. The van der Waals surface area contributed by atoms with Gasteiger partial charge >= 0.3 is 12.1 Å². The number of benzene rings is 1. The topological polar surface area (TPSA) is 112 Å². The molecule has 0 heterocycles. The van der Waals surface area contributed by atoms with Crippen molar-refractivity contribution in [3.63, 3.8) is 0 Å². The van der Waals surface area contributed by atoms with E-state index in [1.807, 2.05) is 30.3 Å². The second-order valence-electron chi connectivity index (χ2n) is 7.65. The summed E-state index contributed by atoms with van der Waals surface area (Å²) in [6.07, 6.45) is -0.365. The van der Waals surface area contributed by atoms with Gasteiger partial charge in [0.2, 0.25) is 5.91 Å². The first-order chi connectivity index (χ1) is 14.8. The number of amides is 2. The summed E-state index contributed by atoms with van der Waals surface area (Å²) in [6.45, 7) is 7.66. The summed E-state index contributed by atoms with van der Waals surface area (Å²) in [5.74, 6) is -0.620. The number of rotatable bonds is 14. The zero-order valence-electron chi connectivity index (χ0n) is 18.6. The molecule has 0 saturated heterocycles. The standard InChI is InChI=1S/C22H34N2O7/c1-22(2,3)31-20(26)10-9-19(25)23-11-13-28-15-16-29-14-12-24-21(27)30-17-18-7-5-4-6-8-18/h4-8H,9-17H2,1-3H3,(H,23,25)(H,24,27). The molecule has 0 fully saturated rings. The van der Waals surface area contributed by atoms with Crippen molar-refractivity contribution in [1.29, 1.82) is 0 Å². The van der Waals surface area contributed by atoms with Gasteiger partial charge in [0.15, 0.2) is 0 Å². The average molecular weight is 439 g/mol. The van der Waals surface area contributed by atoms with Crippen LogP contribution in [0, 0.1) is 0 Å². The molecular formula is C22H34N2O7. The summed E-state index contributed by atoms with van der Waals surface area (Å²) in [5, 5.41) is 5.28. The lowest BCUT2D eigenvalue weighted by atomic mass is 10.2. The van der Waals surface area contributed by atoms with Gasteiger partial charge in [-0.2, -0.15) is 0 Å². The lowest BCUT2D eigenvalue weighted by molar-refractivity contribution is -0.155. The Labute approximate surface area is 183 Å². The number of nitrogens with one attached hydrogen (secondary N) is 2. The van der Waals surface area contributed by atoms with Crippen molar-refractivity contribution < 1.29 is 33.3 Å². The minimum Gasteiger partial charge on any atom is -0.460 e. The zero-order chi connectivity index (χ0) is 23.0. The highest BCUT2D eigenvalue weighted by atomic mass is 16.6. The first-order valence-electron chi connectivity index (χ1n) is 10.3. The van der Waals surface area contributed by atoms with Crippen molar-refractivity contribution in [2.24, 2.45) is 0 Å². The van der Waals surface area contributed by atoms with E-state index in [4.69, 9.17) is 18.9 Å². The summed E-state index contributed by atoms with van der Waals surface area (Å²) in [4.78, 5) is 34.8. The first kappa shape index (κ1) is 26.4. The van der Waals surface area contributed by atoms with Crippen molar-refractivity contribution in [2.45, 2.75) is 45.8 Å². The molecule has 2 amide bonds. The van der Waals surface area contributed by atoms with Gasteiger partial charge in [-0.15, -0.1) is 0 Å². The summed E-state index contributed by atoms with van der Waals surface area (Å²) in [6, 6.07) is 9.42. The molecular weight excluding hydrogens is 404 g/mol. The minimum absolute atomic E-state index is 0.0473. The maximum atomic E-state index is 11.7. The monoisotopic (exact) mass is 438 g/mol. The third-order valence-corrected chi connectivity index (χ3v) is 3.65. The molecule has 0 spiro atoms. The highest BCUT2D eigenvalue weighted by Crippen LogP contribution is 2.08. The van der Waals surface area contributed by atoms with E-state index in [9.17, 15) is 14.4 Å². The molecule has 9 heteroatoms. The molecule has 2 N–H and O–H groups in total. The van der Waals surface area contributed by atoms with Gasteiger partial charge in [0.1, 0.15) is 12.2 Å². The number of alkyl carbamates (subject to hydrolysis) is 1. The Morgan fingerprint density at radius 1 is 0.839 bits per heavy atom. The lowest BCUT2D eigenvalue weighted by Crippen LogP contribution is -2.29. The molecule has 1 rings (SSSR count). The van der Waals surface area contributed by atoms with E-state index < -0.39 is 17.7 Å². The Balaban J connectivity index is 1.88. The van der Waals surface area contributed by atoms with Crippen LogP contribution in [0.25, 0.3) is 0 Å². The number of esters is 1. The highest BCUT2D eigenvalue weighted by Gasteiger charge is 2.16. The Bertz CT molecular complexity index is 660. The van der Waals surface area contributed by atoms with Gasteiger partial charge in [-0.05, 0) is 26.3 Å². The lowest BCUT2D eigenvalue weighted by Gasteiger charge is -2.19. The van der Waals surface area contributed by atoms with Crippen LogP contribution in [0.3, 0.4) is 0 Å². The second kappa shape index (κ2) is 15.2. The van der Waals surface area contributed by atoms with Crippen molar-refractivity contribution >= 4 is 18.0 Å².